The highest BCUT2D eigenvalue weighted by Gasteiger charge is 2.09. The zero-order valence-electron chi connectivity index (χ0n) is 13.4. The number of fused-ring (bicyclic) bond motifs is 1. The van der Waals surface area contributed by atoms with Gasteiger partial charge in [0.2, 0.25) is 0 Å². The van der Waals surface area contributed by atoms with Crippen molar-refractivity contribution in [1.82, 2.24) is 4.98 Å². The minimum absolute atomic E-state index is 0.551. The predicted molar refractivity (Wildman–Crippen MR) is 93.1 cm³/mol. The molecule has 4 heteroatoms. The van der Waals surface area contributed by atoms with Crippen LogP contribution in [0, 0.1) is 0 Å². The molecule has 0 unspecified atom stereocenters. The lowest BCUT2D eigenvalue weighted by Gasteiger charge is -2.12. The van der Waals surface area contributed by atoms with E-state index in [1.165, 1.54) is 0 Å². The zero-order chi connectivity index (χ0) is 16.2. The third kappa shape index (κ3) is 3.21. The first kappa shape index (κ1) is 15.2. The van der Waals surface area contributed by atoms with Crippen molar-refractivity contribution in [1.29, 1.82) is 0 Å². The predicted octanol–water partition coefficient (Wildman–Crippen LogP) is 3.62. The summed E-state index contributed by atoms with van der Waals surface area (Å²) < 4.78 is 11.0. The molecule has 0 aliphatic carbocycles. The van der Waals surface area contributed by atoms with Crippen LogP contribution in [0.4, 0.5) is 5.82 Å². The molecule has 0 amide bonds. The first-order valence-electron chi connectivity index (χ1n) is 7.56. The molecule has 23 heavy (non-hydrogen) atoms. The van der Waals surface area contributed by atoms with Gasteiger partial charge in [-0.05, 0) is 54.1 Å². The first-order chi connectivity index (χ1) is 11.2. The minimum Gasteiger partial charge on any atom is -0.496 e. The van der Waals surface area contributed by atoms with Crippen LogP contribution >= 0.6 is 0 Å². The molecule has 1 aromatic heterocycles. The summed E-state index contributed by atoms with van der Waals surface area (Å²) in [5.41, 5.74) is 7.86. The molecule has 0 aliphatic rings. The highest BCUT2D eigenvalue weighted by Crippen LogP contribution is 2.32. The summed E-state index contributed by atoms with van der Waals surface area (Å²) in [6.07, 6.45) is 1.63. The summed E-state index contributed by atoms with van der Waals surface area (Å²) in [4.78, 5) is 4.35. The van der Waals surface area contributed by atoms with Crippen molar-refractivity contribution in [2.45, 2.75) is 12.8 Å². The average molecular weight is 308 g/mol. The number of aromatic nitrogens is 1. The van der Waals surface area contributed by atoms with E-state index in [0.29, 0.717) is 5.82 Å². The van der Waals surface area contributed by atoms with Crippen molar-refractivity contribution in [3.05, 3.63) is 59.8 Å². The van der Waals surface area contributed by atoms with Gasteiger partial charge in [-0.1, -0.05) is 18.2 Å². The Labute approximate surface area is 135 Å². The Morgan fingerprint density at radius 3 is 2.43 bits per heavy atom. The summed E-state index contributed by atoms with van der Waals surface area (Å²) in [5.74, 6) is 2.30. The zero-order valence-corrected chi connectivity index (χ0v) is 13.4. The second-order valence-electron chi connectivity index (χ2n) is 5.40. The number of nitrogens with two attached hydrogens (primary N) is 1. The Balaban J connectivity index is 1.95. The van der Waals surface area contributed by atoms with E-state index in [1.807, 2.05) is 24.3 Å². The van der Waals surface area contributed by atoms with Gasteiger partial charge in [-0.15, -0.1) is 0 Å². The Bertz CT molecular complexity index is 831. The highest BCUT2D eigenvalue weighted by molar-refractivity contribution is 5.90. The second kappa shape index (κ2) is 6.57. The third-order valence-electron chi connectivity index (χ3n) is 3.94. The molecule has 0 bridgehead atoms. The van der Waals surface area contributed by atoms with Gasteiger partial charge in [0.05, 0.1) is 14.2 Å². The molecular weight excluding hydrogens is 288 g/mol. The van der Waals surface area contributed by atoms with Gasteiger partial charge < -0.3 is 15.2 Å². The van der Waals surface area contributed by atoms with E-state index in [-0.39, 0.29) is 0 Å². The summed E-state index contributed by atoms with van der Waals surface area (Å²) in [7, 11) is 3.39. The van der Waals surface area contributed by atoms with Crippen LogP contribution in [0.3, 0.4) is 0 Å². The molecule has 0 atom stereocenters. The number of aryl methyl sites for hydroxylation is 2. The average Bonchev–Trinajstić information content (AvgIpc) is 2.58. The van der Waals surface area contributed by atoms with E-state index in [2.05, 4.69) is 23.2 Å². The van der Waals surface area contributed by atoms with Crippen molar-refractivity contribution < 1.29 is 9.47 Å². The molecule has 0 saturated heterocycles. The maximum atomic E-state index is 5.74. The lowest BCUT2D eigenvalue weighted by atomic mass is 10.0. The molecule has 0 aliphatic heterocycles. The van der Waals surface area contributed by atoms with Crippen molar-refractivity contribution >= 4 is 16.6 Å². The Morgan fingerprint density at radius 1 is 0.913 bits per heavy atom. The molecule has 0 saturated carbocycles. The Kier molecular flexibility index (Phi) is 4.33. The van der Waals surface area contributed by atoms with Crippen LogP contribution < -0.4 is 15.2 Å². The van der Waals surface area contributed by atoms with Gasteiger partial charge in [-0.2, -0.15) is 0 Å². The number of methoxy groups -OCH3 is 2. The number of anilines is 1. The lowest BCUT2D eigenvalue weighted by molar-refractivity contribution is 0.409. The smallest absolute Gasteiger partial charge is 0.126 e. The van der Waals surface area contributed by atoms with Crippen LogP contribution in [0.25, 0.3) is 10.8 Å². The van der Waals surface area contributed by atoms with Gasteiger partial charge in [-0.3, -0.25) is 0 Å². The monoisotopic (exact) mass is 308 g/mol. The van der Waals surface area contributed by atoms with Gasteiger partial charge in [0.15, 0.2) is 0 Å². The molecule has 4 nitrogen and oxygen atoms in total. The van der Waals surface area contributed by atoms with Gasteiger partial charge >= 0.3 is 0 Å². The molecule has 3 aromatic rings. The maximum absolute atomic E-state index is 5.74. The standard InChI is InChI=1S/C19H20N2O2/c1-22-17-7-3-5-13-12-18(23-2)14(11-16(13)17)9-10-15-6-4-8-19(20)21-15/h3-8,11-12H,9-10H2,1-2H3,(H2,20,21). The third-order valence-corrected chi connectivity index (χ3v) is 3.94. The number of rotatable bonds is 5. The normalized spacial score (nSPS) is 10.7. The maximum Gasteiger partial charge on any atom is 0.126 e. The fourth-order valence-corrected chi connectivity index (χ4v) is 2.78. The SMILES string of the molecule is COc1cc2cccc(OC)c2cc1CCc1cccc(N)n1. The van der Waals surface area contributed by atoms with Crippen molar-refractivity contribution in [2.75, 3.05) is 20.0 Å². The van der Waals surface area contributed by atoms with Crippen LogP contribution in [0.5, 0.6) is 11.5 Å². The number of benzene rings is 2. The molecule has 2 N–H and O–H groups in total. The fourth-order valence-electron chi connectivity index (χ4n) is 2.78. The van der Waals surface area contributed by atoms with Crippen molar-refractivity contribution in [2.24, 2.45) is 0 Å². The number of nitrogen functional groups attached to an aromatic ring is 1. The first-order valence-corrected chi connectivity index (χ1v) is 7.56. The largest absolute Gasteiger partial charge is 0.496 e. The topological polar surface area (TPSA) is 57.4 Å². The quantitative estimate of drug-likeness (QED) is 0.782. The van der Waals surface area contributed by atoms with E-state index in [1.54, 1.807) is 20.3 Å². The Morgan fingerprint density at radius 2 is 1.70 bits per heavy atom. The number of pyridine rings is 1. The number of ether oxygens (including phenoxy) is 2. The number of nitrogens with zero attached hydrogens (tertiary/aromatic N) is 1. The minimum atomic E-state index is 0.551. The molecule has 0 fully saturated rings. The summed E-state index contributed by atoms with van der Waals surface area (Å²) in [6, 6.07) is 15.9. The van der Waals surface area contributed by atoms with E-state index in [9.17, 15) is 0 Å². The molecule has 2 aromatic carbocycles. The van der Waals surface area contributed by atoms with Crippen LogP contribution in [-0.2, 0) is 12.8 Å². The number of hydrogen-bond donors (Lipinski definition) is 1. The summed E-state index contributed by atoms with van der Waals surface area (Å²) in [6.45, 7) is 0. The fraction of sp³-hybridized carbons (Fsp3) is 0.211. The van der Waals surface area contributed by atoms with E-state index in [4.69, 9.17) is 15.2 Å². The van der Waals surface area contributed by atoms with Gasteiger partial charge in [-0.25, -0.2) is 4.98 Å². The summed E-state index contributed by atoms with van der Waals surface area (Å²) >= 11 is 0. The molecule has 0 spiro atoms. The van der Waals surface area contributed by atoms with Gasteiger partial charge in [0.25, 0.3) is 0 Å². The van der Waals surface area contributed by atoms with Crippen LogP contribution in [0.2, 0.25) is 0 Å². The van der Waals surface area contributed by atoms with Gasteiger partial charge in [0, 0.05) is 11.1 Å². The molecule has 118 valence electrons. The van der Waals surface area contributed by atoms with E-state index in [0.717, 1.165) is 46.4 Å². The Hall–Kier alpha value is -2.75. The van der Waals surface area contributed by atoms with Gasteiger partial charge in [0.1, 0.15) is 17.3 Å². The van der Waals surface area contributed by atoms with Crippen molar-refractivity contribution in [3.63, 3.8) is 0 Å². The van der Waals surface area contributed by atoms with Crippen molar-refractivity contribution in [3.8, 4) is 11.5 Å². The second-order valence-corrected chi connectivity index (χ2v) is 5.40. The lowest BCUT2D eigenvalue weighted by Crippen LogP contribution is -2.00. The van der Waals surface area contributed by atoms with Crippen LogP contribution in [0.1, 0.15) is 11.3 Å². The molecule has 1 heterocycles. The summed E-state index contributed by atoms with van der Waals surface area (Å²) in [5, 5.41) is 2.19. The van der Waals surface area contributed by atoms with Crippen LogP contribution in [0.15, 0.2) is 48.5 Å². The molecule has 3 rings (SSSR count). The van der Waals surface area contributed by atoms with E-state index >= 15 is 0 Å². The van der Waals surface area contributed by atoms with E-state index < -0.39 is 0 Å². The highest BCUT2D eigenvalue weighted by atomic mass is 16.5. The molecule has 0 radical (unpaired) electrons. The molecular formula is C19H20N2O2. The van der Waals surface area contributed by atoms with Crippen LogP contribution in [-0.4, -0.2) is 19.2 Å². The number of hydrogen-bond acceptors (Lipinski definition) is 4.